The molecule has 1 unspecified atom stereocenters. The van der Waals surface area contributed by atoms with Crippen LogP contribution >= 0.6 is 0 Å². The Morgan fingerprint density at radius 1 is 1.29 bits per heavy atom. The van der Waals surface area contributed by atoms with E-state index < -0.39 is 6.03 Å². The molecule has 1 aliphatic carbocycles. The van der Waals surface area contributed by atoms with Gasteiger partial charge in [0.25, 0.3) is 0 Å². The first-order valence-corrected chi connectivity index (χ1v) is 7.14. The normalized spacial score (nSPS) is 17.4. The van der Waals surface area contributed by atoms with Crippen LogP contribution in [0.25, 0.3) is 0 Å². The maximum Gasteiger partial charge on any atom is 0.316 e. The number of urea groups is 1. The topological polar surface area (TPSA) is 110 Å². The van der Waals surface area contributed by atoms with Crippen LogP contribution in [-0.2, 0) is 4.79 Å². The van der Waals surface area contributed by atoms with Crippen LogP contribution < -0.4 is 22.1 Å². The lowest BCUT2D eigenvalue weighted by Crippen LogP contribution is -2.50. The van der Waals surface area contributed by atoms with Gasteiger partial charge >= 0.3 is 6.03 Å². The lowest BCUT2D eigenvalue weighted by molar-refractivity contribution is -0.135. The number of carbonyl (C=O) groups excluding carboxylic acids is 2. The summed E-state index contributed by atoms with van der Waals surface area (Å²) in [7, 11) is 0. The van der Waals surface area contributed by atoms with E-state index in [2.05, 4.69) is 10.6 Å². The summed E-state index contributed by atoms with van der Waals surface area (Å²) in [6.07, 6.45) is 2.79. The zero-order valence-corrected chi connectivity index (χ0v) is 12.2. The van der Waals surface area contributed by atoms with Gasteiger partial charge in [-0.3, -0.25) is 4.79 Å². The number of primary amides is 1. The molecule has 1 atom stereocenters. The maximum absolute atomic E-state index is 12.3. The monoisotopic (exact) mass is 290 g/mol. The van der Waals surface area contributed by atoms with Gasteiger partial charge in [-0.2, -0.15) is 0 Å². The van der Waals surface area contributed by atoms with Gasteiger partial charge in [-0.25, -0.2) is 4.79 Å². The summed E-state index contributed by atoms with van der Waals surface area (Å²) < 4.78 is 0. The Kier molecular flexibility index (Phi) is 4.47. The second kappa shape index (κ2) is 6.13. The molecule has 1 aromatic carbocycles. The molecule has 6 heteroatoms. The molecule has 2 rings (SSSR count). The molecule has 1 fully saturated rings. The molecular weight excluding hydrogens is 268 g/mol. The molecular formula is C15H22N4O2. The Balaban J connectivity index is 1.98. The summed E-state index contributed by atoms with van der Waals surface area (Å²) in [5.41, 5.74) is 12.0. The highest BCUT2D eigenvalue weighted by Gasteiger charge is 2.43. The van der Waals surface area contributed by atoms with Crippen molar-refractivity contribution in [3.05, 3.63) is 29.8 Å². The number of hydrogen-bond acceptors (Lipinski definition) is 3. The van der Waals surface area contributed by atoms with E-state index in [1.807, 2.05) is 19.1 Å². The molecule has 0 heterocycles. The van der Waals surface area contributed by atoms with Gasteiger partial charge in [-0.05, 0) is 37.5 Å². The summed E-state index contributed by atoms with van der Waals surface area (Å²) >= 11 is 0. The van der Waals surface area contributed by atoms with Crippen LogP contribution in [0, 0.1) is 5.41 Å². The average Bonchev–Trinajstić information content (AvgIpc) is 2.38. The highest BCUT2D eigenvalue weighted by Crippen LogP contribution is 2.40. The average molecular weight is 290 g/mol. The second-order valence-corrected chi connectivity index (χ2v) is 5.64. The molecule has 0 saturated heterocycles. The lowest BCUT2D eigenvalue weighted by atomic mass is 9.68. The Bertz CT molecular complexity index is 517. The largest absolute Gasteiger partial charge is 0.351 e. The van der Waals surface area contributed by atoms with Gasteiger partial charge in [-0.1, -0.05) is 18.6 Å². The molecule has 0 radical (unpaired) electrons. The number of rotatable bonds is 5. The molecule has 1 saturated carbocycles. The molecule has 1 aliphatic rings. The van der Waals surface area contributed by atoms with E-state index >= 15 is 0 Å². The predicted octanol–water partition coefficient (Wildman–Crippen LogP) is 1.48. The van der Waals surface area contributed by atoms with Gasteiger partial charge < -0.3 is 22.1 Å². The quantitative estimate of drug-likeness (QED) is 0.659. The van der Waals surface area contributed by atoms with Crippen LogP contribution in [0.2, 0.25) is 0 Å². The predicted molar refractivity (Wildman–Crippen MR) is 81.5 cm³/mol. The van der Waals surface area contributed by atoms with E-state index in [1.54, 1.807) is 12.1 Å². The number of amides is 3. The van der Waals surface area contributed by atoms with Crippen molar-refractivity contribution in [1.29, 1.82) is 0 Å². The molecule has 6 nitrogen and oxygen atoms in total. The van der Waals surface area contributed by atoms with Crippen LogP contribution in [0.5, 0.6) is 0 Å². The first-order valence-electron chi connectivity index (χ1n) is 7.14. The summed E-state index contributed by atoms with van der Waals surface area (Å²) in [4.78, 5) is 23.1. The fraction of sp³-hybridized carbons (Fsp3) is 0.467. The summed E-state index contributed by atoms with van der Waals surface area (Å²) in [5, 5.41) is 5.52. The van der Waals surface area contributed by atoms with Crippen LogP contribution in [-0.4, -0.2) is 18.5 Å². The van der Waals surface area contributed by atoms with Gasteiger partial charge in [0.15, 0.2) is 0 Å². The third-order valence-corrected chi connectivity index (χ3v) is 4.21. The number of carbonyl (C=O) groups is 2. The van der Waals surface area contributed by atoms with Crippen molar-refractivity contribution in [2.24, 2.45) is 16.9 Å². The molecule has 3 amide bonds. The molecule has 0 spiro atoms. The van der Waals surface area contributed by atoms with Crippen molar-refractivity contribution in [1.82, 2.24) is 5.32 Å². The van der Waals surface area contributed by atoms with Gasteiger partial charge in [0.2, 0.25) is 5.91 Å². The van der Waals surface area contributed by atoms with E-state index in [0.29, 0.717) is 12.2 Å². The van der Waals surface area contributed by atoms with Gasteiger partial charge in [-0.15, -0.1) is 0 Å². The minimum atomic E-state index is -0.598. The van der Waals surface area contributed by atoms with Gasteiger partial charge in [0.05, 0.1) is 11.5 Å². The van der Waals surface area contributed by atoms with E-state index in [1.165, 1.54) is 0 Å². The van der Waals surface area contributed by atoms with Crippen molar-refractivity contribution < 1.29 is 9.59 Å². The molecule has 114 valence electrons. The molecule has 0 aliphatic heterocycles. The highest BCUT2D eigenvalue weighted by atomic mass is 16.2. The standard InChI is InChI=1S/C15H22N4O2/c1-10(18-13(20)15(9-16)7-2-8-15)11-3-5-12(6-4-11)19-14(17)21/h3-6,10H,2,7-9,16H2,1H3,(H,18,20)(H3,17,19,21). The van der Waals surface area contributed by atoms with Gasteiger partial charge in [0.1, 0.15) is 0 Å². The number of nitrogens with two attached hydrogens (primary N) is 2. The first-order chi connectivity index (χ1) is 9.97. The van der Waals surface area contributed by atoms with Gasteiger partial charge in [0, 0.05) is 12.2 Å². The van der Waals surface area contributed by atoms with Crippen LogP contribution in [0.4, 0.5) is 10.5 Å². The van der Waals surface area contributed by atoms with Crippen LogP contribution in [0.3, 0.4) is 0 Å². The van der Waals surface area contributed by atoms with Crippen molar-refractivity contribution in [2.75, 3.05) is 11.9 Å². The van der Waals surface area contributed by atoms with Crippen LogP contribution in [0.15, 0.2) is 24.3 Å². The maximum atomic E-state index is 12.3. The minimum absolute atomic E-state index is 0.0306. The Morgan fingerprint density at radius 2 is 1.90 bits per heavy atom. The Morgan fingerprint density at radius 3 is 2.33 bits per heavy atom. The van der Waals surface area contributed by atoms with E-state index in [0.717, 1.165) is 24.8 Å². The number of hydrogen-bond donors (Lipinski definition) is 4. The summed E-state index contributed by atoms with van der Waals surface area (Å²) in [5.74, 6) is 0.0306. The smallest absolute Gasteiger partial charge is 0.316 e. The fourth-order valence-electron chi connectivity index (χ4n) is 2.56. The highest BCUT2D eigenvalue weighted by molar-refractivity contribution is 5.87. The molecule has 21 heavy (non-hydrogen) atoms. The number of benzene rings is 1. The fourth-order valence-corrected chi connectivity index (χ4v) is 2.56. The Labute approximate surface area is 124 Å². The molecule has 1 aromatic rings. The lowest BCUT2D eigenvalue weighted by Gasteiger charge is -2.39. The third kappa shape index (κ3) is 3.33. The molecule has 0 aromatic heterocycles. The Hall–Kier alpha value is -2.08. The van der Waals surface area contributed by atoms with Crippen molar-refractivity contribution in [3.8, 4) is 0 Å². The number of nitrogens with one attached hydrogen (secondary N) is 2. The first kappa shape index (κ1) is 15.3. The van der Waals surface area contributed by atoms with E-state index in [4.69, 9.17) is 11.5 Å². The molecule has 0 bridgehead atoms. The van der Waals surface area contributed by atoms with E-state index in [9.17, 15) is 9.59 Å². The SMILES string of the molecule is CC(NC(=O)C1(CN)CCC1)c1ccc(NC(N)=O)cc1. The van der Waals surface area contributed by atoms with Crippen molar-refractivity contribution in [3.63, 3.8) is 0 Å². The van der Waals surface area contributed by atoms with Crippen molar-refractivity contribution >= 4 is 17.6 Å². The zero-order valence-electron chi connectivity index (χ0n) is 12.2. The van der Waals surface area contributed by atoms with E-state index in [-0.39, 0.29) is 17.4 Å². The molecule has 6 N–H and O–H groups in total. The summed E-state index contributed by atoms with van der Waals surface area (Å²) in [6.45, 7) is 2.32. The zero-order chi connectivity index (χ0) is 15.5. The van der Waals surface area contributed by atoms with Crippen molar-refractivity contribution in [2.45, 2.75) is 32.2 Å². The number of anilines is 1. The third-order valence-electron chi connectivity index (χ3n) is 4.21. The van der Waals surface area contributed by atoms with Crippen LogP contribution in [0.1, 0.15) is 37.8 Å². The minimum Gasteiger partial charge on any atom is -0.351 e. The summed E-state index contributed by atoms with van der Waals surface area (Å²) in [6, 6.07) is 6.51. The second-order valence-electron chi connectivity index (χ2n) is 5.64.